The Balaban J connectivity index is 4.75. The molecule has 0 fully saturated rings. The van der Waals surface area contributed by atoms with Crippen LogP contribution in [0.2, 0.25) is 0 Å². The maximum absolute atomic E-state index is 8.61. The molecule has 0 aliphatic carbocycles. The zero-order valence-corrected chi connectivity index (χ0v) is 4.22. The van der Waals surface area contributed by atoms with E-state index < -0.39 is 17.7 Å². The van der Waals surface area contributed by atoms with Crippen LogP contribution < -0.4 is 0 Å². The standard InChI is InChI=1S/C3H6Cl2O/c4-2-1-3(5)6/h3,6H,1-2H2/i1D2,2D2,3D. The van der Waals surface area contributed by atoms with Gasteiger partial charge in [-0.1, -0.05) is 11.6 Å². The molecular weight excluding hydrogens is 123 g/mol. The van der Waals surface area contributed by atoms with E-state index in [0.29, 0.717) is 0 Å². The van der Waals surface area contributed by atoms with Crippen LogP contribution in [0.15, 0.2) is 0 Å². The zero-order chi connectivity index (χ0) is 9.50. The van der Waals surface area contributed by atoms with Gasteiger partial charge in [0.15, 0.2) is 0 Å². The minimum absolute atomic E-state index is 2.88. The lowest BCUT2D eigenvalue weighted by Gasteiger charge is -1.91. The molecule has 1 atom stereocenters. The highest BCUT2D eigenvalue weighted by Crippen LogP contribution is 1.96. The van der Waals surface area contributed by atoms with Gasteiger partial charge in [0.05, 0.1) is 1.37 Å². The molecule has 3 heteroatoms. The molecule has 1 N–H and O–H groups in total. The number of hydrogen-bond acceptors (Lipinski definition) is 1. The van der Waals surface area contributed by atoms with Crippen LogP contribution in [0.5, 0.6) is 0 Å². The summed E-state index contributed by atoms with van der Waals surface area (Å²) in [5.41, 5.74) is -3.07. The third-order valence-corrected chi connectivity index (χ3v) is 0.339. The smallest absolute Gasteiger partial charge is 0.129 e. The highest BCUT2D eigenvalue weighted by Gasteiger charge is 1.91. The third kappa shape index (κ3) is 4.54. The van der Waals surface area contributed by atoms with Crippen molar-refractivity contribution in [2.75, 3.05) is 5.83 Å². The number of hydrogen-bond donors (Lipinski definition) is 1. The van der Waals surface area contributed by atoms with Gasteiger partial charge in [-0.25, -0.2) is 0 Å². The minimum atomic E-state index is -3.07. The minimum Gasteiger partial charge on any atom is -0.378 e. The highest BCUT2D eigenvalue weighted by molar-refractivity contribution is 6.21. The second kappa shape index (κ2) is 3.72. The lowest BCUT2D eigenvalue weighted by molar-refractivity contribution is 0.253. The van der Waals surface area contributed by atoms with E-state index >= 15 is 0 Å². The van der Waals surface area contributed by atoms with Crippen molar-refractivity contribution in [3.63, 3.8) is 0 Å². The van der Waals surface area contributed by atoms with Gasteiger partial charge in [0, 0.05) is 17.7 Å². The van der Waals surface area contributed by atoms with E-state index in [4.69, 9.17) is 35.2 Å². The molecule has 0 rings (SSSR count). The molecule has 0 bridgehead atoms. The molecule has 0 radical (unpaired) electrons. The fourth-order valence-electron chi connectivity index (χ4n) is 0.0390. The summed E-state index contributed by atoms with van der Waals surface area (Å²) in [4.78, 5) is 0. The van der Waals surface area contributed by atoms with Gasteiger partial charge >= 0.3 is 0 Å². The van der Waals surface area contributed by atoms with Crippen molar-refractivity contribution >= 4 is 23.2 Å². The molecule has 0 aromatic heterocycles. The van der Waals surface area contributed by atoms with Gasteiger partial charge in [-0.2, -0.15) is 0 Å². The van der Waals surface area contributed by atoms with Crippen molar-refractivity contribution in [1.82, 2.24) is 0 Å². The predicted octanol–water partition coefficient (Wildman–Crippen LogP) is 1.17. The van der Waals surface area contributed by atoms with Crippen LogP contribution >= 0.6 is 23.2 Å². The molecule has 0 aliphatic heterocycles. The highest BCUT2D eigenvalue weighted by atomic mass is 35.5. The Morgan fingerprint density at radius 2 is 2.67 bits per heavy atom. The Labute approximate surface area is 53.9 Å². The van der Waals surface area contributed by atoms with Crippen molar-refractivity contribution in [2.24, 2.45) is 0 Å². The van der Waals surface area contributed by atoms with Gasteiger partial charge in [0.25, 0.3) is 0 Å². The van der Waals surface area contributed by atoms with E-state index in [9.17, 15) is 0 Å². The molecule has 38 valence electrons. The molecule has 0 aromatic carbocycles. The Morgan fingerprint density at radius 3 is 2.67 bits per heavy atom. The lowest BCUT2D eigenvalue weighted by Crippen LogP contribution is -1.94. The first kappa shape index (κ1) is 1.81. The van der Waals surface area contributed by atoms with E-state index in [1.165, 1.54) is 0 Å². The van der Waals surface area contributed by atoms with E-state index in [1.807, 2.05) is 0 Å². The first-order chi connectivity index (χ1) is 4.50. The third-order valence-electron chi connectivity index (χ3n) is 0.150. The van der Waals surface area contributed by atoms with E-state index in [2.05, 4.69) is 0 Å². The fourth-order valence-corrected chi connectivity index (χ4v) is 0.224. The number of rotatable bonds is 2. The van der Waals surface area contributed by atoms with Crippen molar-refractivity contribution in [3.8, 4) is 0 Å². The molecule has 6 heavy (non-hydrogen) atoms. The summed E-state index contributed by atoms with van der Waals surface area (Å²) in [6.45, 7) is 0. The van der Waals surface area contributed by atoms with Gasteiger partial charge in [-0.3, -0.25) is 0 Å². The van der Waals surface area contributed by atoms with Gasteiger partial charge in [-0.15, -0.1) is 11.6 Å². The molecule has 0 amide bonds. The second-order valence-electron chi connectivity index (χ2n) is 0.510. The monoisotopic (exact) mass is 133 g/mol. The molecule has 0 aromatic rings. The Hall–Kier alpha value is 0.540. The van der Waals surface area contributed by atoms with Crippen LogP contribution in [-0.2, 0) is 0 Å². The van der Waals surface area contributed by atoms with Gasteiger partial charge in [-0.05, 0) is 0 Å². The SMILES string of the molecule is [2H]C([2H])(Cl)C([2H])([2H])C([2H])(O)Cl. The molecule has 0 saturated heterocycles. The molecule has 0 saturated carbocycles. The summed E-state index contributed by atoms with van der Waals surface area (Å²) in [6.07, 6.45) is -3.04. The Morgan fingerprint density at radius 1 is 2.17 bits per heavy atom. The topological polar surface area (TPSA) is 20.2 Å². The van der Waals surface area contributed by atoms with E-state index in [-0.39, 0.29) is 0 Å². The average Bonchev–Trinajstić information content (AvgIpc) is 1.58. The predicted molar refractivity (Wildman–Crippen MR) is 27.2 cm³/mol. The number of alkyl halides is 2. The number of aliphatic hydroxyl groups is 1. The second-order valence-corrected chi connectivity index (χ2v) is 1.06. The maximum atomic E-state index is 8.61. The lowest BCUT2D eigenvalue weighted by atomic mass is 10.5. The summed E-state index contributed by atoms with van der Waals surface area (Å²) in [6, 6.07) is 0. The van der Waals surface area contributed by atoms with Crippen molar-refractivity contribution < 1.29 is 12.0 Å². The van der Waals surface area contributed by atoms with Crippen molar-refractivity contribution in [1.29, 1.82) is 0 Å². The summed E-state index contributed by atoms with van der Waals surface area (Å²) in [5.74, 6) is -2.88. The Kier molecular flexibility index (Phi) is 1.12. The summed E-state index contributed by atoms with van der Waals surface area (Å²) < 4.78 is 33.6. The Bertz CT molecular complexity index is 131. The molecule has 0 aliphatic rings. The van der Waals surface area contributed by atoms with Crippen LogP contribution in [0.4, 0.5) is 0 Å². The van der Waals surface area contributed by atoms with Gasteiger partial charge < -0.3 is 5.11 Å². The normalized spacial score (nSPS) is 36.8. The van der Waals surface area contributed by atoms with E-state index in [0.717, 1.165) is 0 Å². The molecule has 0 heterocycles. The van der Waals surface area contributed by atoms with Gasteiger partial charge in [0.1, 0.15) is 5.54 Å². The summed E-state index contributed by atoms with van der Waals surface area (Å²) in [5, 5.41) is 8.61. The van der Waals surface area contributed by atoms with Crippen LogP contribution in [0.1, 0.15) is 13.2 Å². The average molecular weight is 134 g/mol. The molecule has 0 spiro atoms. The van der Waals surface area contributed by atoms with E-state index in [1.54, 1.807) is 0 Å². The first-order valence-corrected chi connectivity index (χ1v) is 1.86. The first-order valence-electron chi connectivity index (χ1n) is 3.60. The van der Waals surface area contributed by atoms with Crippen LogP contribution in [0.25, 0.3) is 0 Å². The quantitative estimate of drug-likeness (QED) is 0.562. The van der Waals surface area contributed by atoms with Crippen LogP contribution in [0, 0.1) is 0 Å². The summed E-state index contributed by atoms with van der Waals surface area (Å²) >= 11 is 9.74. The van der Waals surface area contributed by atoms with Crippen LogP contribution in [-0.4, -0.2) is 16.5 Å². The van der Waals surface area contributed by atoms with Crippen LogP contribution in [0.3, 0.4) is 0 Å². The van der Waals surface area contributed by atoms with Gasteiger partial charge in [0.2, 0.25) is 0 Å². The number of halogens is 2. The molecule has 1 nitrogen and oxygen atoms in total. The summed E-state index contributed by atoms with van der Waals surface area (Å²) in [7, 11) is 0. The fraction of sp³-hybridized carbons (Fsp3) is 1.00. The molecular formula is C3H6Cl2O. The van der Waals surface area contributed by atoms with Crippen molar-refractivity contribution in [2.45, 2.75) is 11.9 Å². The zero-order valence-electron chi connectivity index (χ0n) is 7.70. The molecule has 1 unspecified atom stereocenters. The maximum Gasteiger partial charge on any atom is 0.129 e. The largest absolute Gasteiger partial charge is 0.378 e. The van der Waals surface area contributed by atoms with Crippen molar-refractivity contribution in [3.05, 3.63) is 0 Å².